The first kappa shape index (κ1) is 42.6. The van der Waals surface area contributed by atoms with Gasteiger partial charge in [-0.15, -0.1) is 0 Å². The predicted octanol–water partition coefficient (Wildman–Crippen LogP) is 17.0. The summed E-state index contributed by atoms with van der Waals surface area (Å²) in [6.07, 6.45) is -9.20. The number of para-hydroxylation sites is 3. The molecular formula is C60H36F6N4. The molecule has 0 amide bonds. The topological polar surface area (TPSA) is 35.6 Å². The lowest BCUT2D eigenvalue weighted by Gasteiger charge is -2.22. The quantitative estimate of drug-likeness (QED) is 0.149. The lowest BCUT2D eigenvalue weighted by atomic mass is 9.90. The molecule has 12 aromatic rings. The van der Waals surface area contributed by atoms with E-state index in [1.807, 2.05) is 133 Å². The smallest absolute Gasteiger partial charge is 0.309 e. The van der Waals surface area contributed by atoms with Gasteiger partial charge in [0.25, 0.3) is 0 Å². The fraction of sp³-hybridized carbons (Fsp3) is 0.0333. The SMILES string of the molecule is FC(F)(F)c1ccc(-c2cc(-c3cc(-c4ccccc4)nc(-c4ccccc4)n3)cc(-c3ccc(C(F)(F)F)cc3)c2-n2c3ccccc3c3cc(-n4c5ccccc5c5ccccc54)ccc32)cc1. The van der Waals surface area contributed by atoms with Gasteiger partial charge in [0.2, 0.25) is 0 Å². The molecule has 0 atom stereocenters. The Kier molecular flexibility index (Phi) is 10.0. The Morgan fingerprint density at radius 1 is 0.314 bits per heavy atom. The van der Waals surface area contributed by atoms with E-state index in [4.69, 9.17) is 9.97 Å². The van der Waals surface area contributed by atoms with Crippen LogP contribution in [0.15, 0.2) is 218 Å². The van der Waals surface area contributed by atoms with Gasteiger partial charge in [0.05, 0.1) is 50.3 Å². The van der Waals surface area contributed by atoms with Crippen molar-refractivity contribution in [1.82, 2.24) is 19.1 Å². The van der Waals surface area contributed by atoms with Crippen molar-refractivity contribution in [3.8, 4) is 67.5 Å². The van der Waals surface area contributed by atoms with Crippen molar-refractivity contribution < 1.29 is 26.3 Å². The average Bonchev–Trinajstić information content (AvgIpc) is 3.90. The van der Waals surface area contributed by atoms with Crippen molar-refractivity contribution >= 4 is 43.6 Å². The summed E-state index contributed by atoms with van der Waals surface area (Å²) in [4.78, 5) is 10.1. The van der Waals surface area contributed by atoms with Gasteiger partial charge in [-0.05, 0) is 90.0 Å². The Hall–Kier alpha value is -8.76. The maximum absolute atomic E-state index is 14.2. The molecule has 0 saturated carbocycles. The van der Waals surface area contributed by atoms with Crippen LogP contribution in [0.4, 0.5) is 26.3 Å². The highest BCUT2D eigenvalue weighted by Gasteiger charge is 2.32. The van der Waals surface area contributed by atoms with Gasteiger partial charge in [-0.25, -0.2) is 9.97 Å². The Morgan fingerprint density at radius 2 is 0.729 bits per heavy atom. The molecule has 0 bridgehead atoms. The number of halogens is 6. The summed E-state index contributed by atoms with van der Waals surface area (Å²) < 4.78 is 89.7. The van der Waals surface area contributed by atoms with E-state index in [1.165, 1.54) is 24.3 Å². The molecule has 0 N–H and O–H groups in total. The lowest BCUT2D eigenvalue weighted by molar-refractivity contribution is -0.138. The van der Waals surface area contributed by atoms with Gasteiger partial charge in [-0.3, -0.25) is 0 Å². The normalized spacial score (nSPS) is 12.1. The van der Waals surface area contributed by atoms with Crippen LogP contribution in [-0.2, 0) is 12.4 Å². The second-order valence-electron chi connectivity index (χ2n) is 17.2. The largest absolute Gasteiger partial charge is 0.416 e. The van der Waals surface area contributed by atoms with E-state index in [0.717, 1.165) is 84.7 Å². The van der Waals surface area contributed by atoms with Crippen LogP contribution in [-0.4, -0.2) is 19.1 Å². The minimum Gasteiger partial charge on any atom is -0.309 e. The van der Waals surface area contributed by atoms with Crippen molar-refractivity contribution in [1.29, 1.82) is 0 Å². The standard InChI is InChI=1S/C60H36F6N4/c61-59(62,63)42-27-23-37(24-28-42)48-33-41(52-36-51(39-13-3-1-4-14-39)67-58(68-52)40-15-5-2-6-16-40)34-49(38-25-29-43(30-26-38)60(64,65)66)57(48)70-55-22-12-9-19-47(55)50-35-44(31-32-56(50)70)69-53-20-10-7-17-45(53)46-18-8-11-21-54(46)69/h1-36H. The molecule has 3 aromatic heterocycles. The average molecular weight is 927 g/mol. The molecule has 0 unspecified atom stereocenters. The number of nitrogens with zero attached hydrogens (tertiary/aromatic N) is 4. The van der Waals surface area contributed by atoms with Gasteiger partial charge >= 0.3 is 12.4 Å². The molecule has 0 radical (unpaired) electrons. The zero-order valence-electron chi connectivity index (χ0n) is 36.8. The maximum atomic E-state index is 14.2. The Balaban J connectivity index is 1.18. The summed E-state index contributed by atoms with van der Waals surface area (Å²) in [6, 6.07) is 65.5. The van der Waals surface area contributed by atoms with Gasteiger partial charge < -0.3 is 9.13 Å². The summed E-state index contributed by atoms with van der Waals surface area (Å²) in [7, 11) is 0. The minimum atomic E-state index is -4.60. The van der Waals surface area contributed by atoms with Crippen molar-refractivity contribution in [2.75, 3.05) is 0 Å². The summed E-state index contributed by atoms with van der Waals surface area (Å²) in [5.41, 5.74) is 8.70. The Morgan fingerprint density at radius 3 is 1.23 bits per heavy atom. The van der Waals surface area contributed by atoms with Gasteiger partial charge in [0, 0.05) is 55.0 Å². The van der Waals surface area contributed by atoms with Crippen molar-refractivity contribution in [2.45, 2.75) is 12.4 Å². The molecule has 0 fully saturated rings. The molecule has 12 rings (SSSR count). The monoisotopic (exact) mass is 926 g/mol. The van der Waals surface area contributed by atoms with E-state index in [-0.39, 0.29) is 0 Å². The van der Waals surface area contributed by atoms with Crippen molar-refractivity contribution in [3.05, 3.63) is 230 Å². The molecule has 0 saturated heterocycles. The number of alkyl halides is 6. The Labute approximate surface area is 397 Å². The first-order chi connectivity index (χ1) is 34.0. The van der Waals surface area contributed by atoms with Gasteiger partial charge in [-0.1, -0.05) is 140 Å². The number of hydrogen-bond acceptors (Lipinski definition) is 2. The van der Waals surface area contributed by atoms with Crippen LogP contribution in [0.2, 0.25) is 0 Å². The van der Waals surface area contributed by atoms with Gasteiger partial charge in [-0.2, -0.15) is 26.3 Å². The van der Waals surface area contributed by atoms with Crippen molar-refractivity contribution in [3.63, 3.8) is 0 Å². The fourth-order valence-corrected chi connectivity index (χ4v) is 9.75. The summed E-state index contributed by atoms with van der Waals surface area (Å²) >= 11 is 0. The van der Waals surface area contributed by atoms with E-state index in [0.29, 0.717) is 50.7 Å². The number of hydrogen-bond donors (Lipinski definition) is 0. The number of rotatable bonds is 7. The van der Waals surface area contributed by atoms with Gasteiger partial charge in [0.15, 0.2) is 5.82 Å². The van der Waals surface area contributed by atoms with Crippen LogP contribution < -0.4 is 0 Å². The third kappa shape index (κ3) is 7.36. The third-order valence-electron chi connectivity index (χ3n) is 13.0. The van der Waals surface area contributed by atoms with Crippen LogP contribution in [0.25, 0.3) is 111 Å². The van der Waals surface area contributed by atoms with Crippen LogP contribution in [0.3, 0.4) is 0 Å². The number of benzene rings is 9. The zero-order chi connectivity index (χ0) is 47.7. The zero-order valence-corrected chi connectivity index (χ0v) is 36.8. The van der Waals surface area contributed by atoms with E-state index in [9.17, 15) is 26.3 Å². The fourth-order valence-electron chi connectivity index (χ4n) is 9.75. The summed E-state index contributed by atoms with van der Waals surface area (Å²) in [6.45, 7) is 0. The molecule has 0 aliphatic carbocycles. The molecule has 4 nitrogen and oxygen atoms in total. The second-order valence-corrected chi connectivity index (χ2v) is 17.2. The van der Waals surface area contributed by atoms with E-state index >= 15 is 0 Å². The van der Waals surface area contributed by atoms with Crippen molar-refractivity contribution in [2.24, 2.45) is 0 Å². The highest BCUT2D eigenvalue weighted by molar-refractivity contribution is 6.13. The van der Waals surface area contributed by atoms with Gasteiger partial charge in [0.1, 0.15) is 0 Å². The lowest BCUT2D eigenvalue weighted by Crippen LogP contribution is -2.06. The van der Waals surface area contributed by atoms with Crippen LogP contribution in [0.1, 0.15) is 11.1 Å². The second kappa shape index (κ2) is 16.5. The first-order valence-electron chi connectivity index (χ1n) is 22.5. The third-order valence-corrected chi connectivity index (χ3v) is 13.0. The highest BCUT2D eigenvalue weighted by atomic mass is 19.4. The molecule has 9 aromatic carbocycles. The first-order valence-corrected chi connectivity index (χ1v) is 22.5. The van der Waals surface area contributed by atoms with Crippen LogP contribution in [0.5, 0.6) is 0 Å². The van der Waals surface area contributed by atoms with Crippen LogP contribution in [0, 0.1) is 0 Å². The molecule has 70 heavy (non-hydrogen) atoms. The summed E-state index contributed by atoms with van der Waals surface area (Å²) in [5.74, 6) is 0.439. The molecular weight excluding hydrogens is 891 g/mol. The Bertz CT molecular complexity index is 3760. The summed E-state index contributed by atoms with van der Waals surface area (Å²) in [5, 5.41) is 4.01. The van der Waals surface area contributed by atoms with E-state index in [1.54, 1.807) is 0 Å². The number of fused-ring (bicyclic) bond motifs is 6. The van der Waals surface area contributed by atoms with E-state index in [2.05, 4.69) is 45.5 Å². The number of aromatic nitrogens is 4. The molecule has 10 heteroatoms. The molecule has 0 aliphatic heterocycles. The van der Waals surface area contributed by atoms with E-state index < -0.39 is 23.5 Å². The molecule has 3 heterocycles. The van der Waals surface area contributed by atoms with Crippen LogP contribution >= 0.6 is 0 Å². The maximum Gasteiger partial charge on any atom is 0.416 e. The minimum absolute atomic E-state index is 0.439. The molecule has 338 valence electrons. The molecule has 0 aliphatic rings. The predicted molar refractivity (Wildman–Crippen MR) is 268 cm³/mol. The highest BCUT2D eigenvalue weighted by Crippen LogP contribution is 2.46. The molecule has 0 spiro atoms.